The van der Waals surface area contributed by atoms with E-state index in [4.69, 9.17) is 11.0 Å². The van der Waals surface area contributed by atoms with Crippen LogP contribution in [0.2, 0.25) is 0 Å². The van der Waals surface area contributed by atoms with Gasteiger partial charge in [0.2, 0.25) is 0 Å². The lowest BCUT2D eigenvalue weighted by Gasteiger charge is -2.06. The van der Waals surface area contributed by atoms with Crippen LogP contribution in [-0.2, 0) is 0 Å². The number of pyridine rings is 1. The Labute approximate surface area is 73.8 Å². The van der Waals surface area contributed by atoms with Crippen molar-refractivity contribution in [3.63, 3.8) is 0 Å². The fourth-order valence-electron chi connectivity index (χ4n) is 0.919. The molecule has 13 heavy (non-hydrogen) atoms. The highest BCUT2D eigenvalue weighted by Crippen LogP contribution is 2.25. The third-order valence-corrected chi connectivity index (χ3v) is 1.67. The van der Waals surface area contributed by atoms with Crippen LogP contribution < -0.4 is 5.73 Å². The second kappa shape index (κ2) is 3.35. The molecule has 0 aliphatic heterocycles. The Morgan fingerprint density at radius 1 is 1.62 bits per heavy atom. The van der Waals surface area contributed by atoms with E-state index in [9.17, 15) is 8.78 Å². The lowest BCUT2D eigenvalue weighted by Crippen LogP contribution is -2.02. The number of anilines is 1. The number of aromatic nitrogens is 1. The molecule has 1 rings (SSSR count). The zero-order valence-electron chi connectivity index (χ0n) is 6.88. The largest absolute Gasteiger partial charge is 0.397 e. The fraction of sp³-hybridized carbons (Fsp3) is 0.250. The molecule has 3 nitrogen and oxygen atoms in total. The Kier molecular flexibility index (Phi) is 2.42. The summed E-state index contributed by atoms with van der Waals surface area (Å²) in [6.07, 6.45) is -1.53. The molecule has 0 saturated carbocycles. The quantitative estimate of drug-likeness (QED) is 0.721. The lowest BCUT2D eigenvalue weighted by molar-refractivity contribution is 0.146. The Balaban J connectivity index is 3.41. The van der Waals surface area contributed by atoms with Gasteiger partial charge in [-0.1, -0.05) is 0 Å². The highest BCUT2D eigenvalue weighted by Gasteiger charge is 2.17. The van der Waals surface area contributed by atoms with Crippen LogP contribution in [0, 0.1) is 18.3 Å². The van der Waals surface area contributed by atoms with E-state index >= 15 is 0 Å². The Hall–Kier alpha value is -1.70. The number of aryl methyl sites for hydroxylation is 1. The molecule has 0 amide bonds. The summed E-state index contributed by atoms with van der Waals surface area (Å²) in [5, 5.41) is 8.57. The van der Waals surface area contributed by atoms with Crippen molar-refractivity contribution in [3.8, 4) is 6.07 Å². The van der Waals surface area contributed by atoms with Crippen LogP contribution in [0.3, 0.4) is 0 Å². The Morgan fingerprint density at radius 3 is 2.69 bits per heavy atom. The van der Waals surface area contributed by atoms with Crippen LogP contribution in [0.5, 0.6) is 0 Å². The highest BCUT2D eigenvalue weighted by atomic mass is 19.3. The summed E-state index contributed by atoms with van der Waals surface area (Å²) in [4.78, 5) is 3.46. The van der Waals surface area contributed by atoms with Crippen molar-refractivity contribution in [2.75, 3.05) is 5.73 Å². The number of hydrogen-bond acceptors (Lipinski definition) is 3. The van der Waals surface area contributed by atoms with Crippen LogP contribution in [0.4, 0.5) is 14.5 Å². The number of halogens is 2. The Morgan fingerprint density at radius 2 is 2.23 bits per heavy atom. The summed E-state index contributed by atoms with van der Waals surface area (Å²) in [6.45, 7) is 1.61. The molecule has 0 aliphatic rings. The summed E-state index contributed by atoms with van der Waals surface area (Å²) >= 11 is 0. The Bertz CT molecular complexity index is 368. The van der Waals surface area contributed by atoms with Crippen molar-refractivity contribution in [1.29, 1.82) is 5.26 Å². The monoisotopic (exact) mass is 183 g/mol. The maximum absolute atomic E-state index is 12.3. The average molecular weight is 183 g/mol. The molecule has 0 bridgehead atoms. The number of alkyl halides is 2. The van der Waals surface area contributed by atoms with Crippen molar-refractivity contribution in [2.45, 2.75) is 13.3 Å². The van der Waals surface area contributed by atoms with Crippen LogP contribution in [-0.4, -0.2) is 4.98 Å². The van der Waals surface area contributed by atoms with E-state index in [0.717, 1.165) is 0 Å². The second-order valence-corrected chi connectivity index (χ2v) is 2.53. The first-order valence-electron chi connectivity index (χ1n) is 3.51. The van der Waals surface area contributed by atoms with E-state index in [1.807, 2.05) is 0 Å². The molecule has 2 N–H and O–H groups in total. The minimum atomic E-state index is -2.77. The maximum atomic E-state index is 12.3. The number of hydrogen-bond donors (Lipinski definition) is 1. The van der Waals surface area contributed by atoms with Crippen molar-refractivity contribution < 1.29 is 8.78 Å². The molecule has 0 saturated heterocycles. The summed E-state index contributed by atoms with van der Waals surface area (Å²) in [5.74, 6) is 0. The van der Waals surface area contributed by atoms with Gasteiger partial charge in [0.15, 0.2) is 0 Å². The first-order valence-corrected chi connectivity index (χ1v) is 3.51. The predicted octanol–water partition coefficient (Wildman–Crippen LogP) is 1.78. The lowest BCUT2D eigenvalue weighted by atomic mass is 10.1. The first kappa shape index (κ1) is 9.39. The second-order valence-electron chi connectivity index (χ2n) is 2.53. The van der Waals surface area contributed by atoms with Crippen molar-refractivity contribution >= 4 is 5.69 Å². The topological polar surface area (TPSA) is 62.7 Å². The zero-order valence-corrected chi connectivity index (χ0v) is 6.88. The van der Waals surface area contributed by atoms with Gasteiger partial charge >= 0.3 is 0 Å². The SMILES string of the molecule is Cc1cnc(C(F)F)c(C#N)c1N. The van der Waals surface area contributed by atoms with Gasteiger partial charge in [0.1, 0.15) is 17.3 Å². The summed E-state index contributed by atoms with van der Waals surface area (Å²) < 4.78 is 24.5. The zero-order chi connectivity index (χ0) is 10.0. The smallest absolute Gasteiger partial charge is 0.281 e. The van der Waals surface area contributed by atoms with E-state index in [2.05, 4.69) is 4.98 Å². The number of nitrogen functional groups attached to an aromatic ring is 1. The van der Waals surface area contributed by atoms with E-state index in [-0.39, 0.29) is 11.3 Å². The highest BCUT2D eigenvalue weighted by molar-refractivity contribution is 5.60. The van der Waals surface area contributed by atoms with Gasteiger partial charge in [-0.3, -0.25) is 4.98 Å². The van der Waals surface area contributed by atoms with Gasteiger partial charge < -0.3 is 5.73 Å². The molecule has 0 unspecified atom stereocenters. The molecule has 0 fully saturated rings. The number of nitrogens with zero attached hydrogens (tertiary/aromatic N) is 2. The molecule has 1 aromatic heterocycles. The molecule has 0 aliphatic carbocycles. The van der Waals surface area contributed by atoms with Gasteiger partial charge in [0, 0.05) is 6.20 Å². The summed E-state index contributed by atoms with van der Waals surface area (Å²) in [5.41, 5.74) is 5.26. The molecular formula is C8H7F2N3. The van der Waals surface area contributed by atoms with Crippen molar-refractivity contribution in [1.82, 2.24) is 4.98 Å². The predicted molar refractivity (Wildman–Crippen MR) is 43.1 cm³/mol. The average Bonchev–Trinajstić information content (AvgIpc) is 2.09. The van der Waals surface area contributed by atoms with Crippen molar-refractivity contribution in [2.24, 2.45) is 0 Å². The van der Waals surface area contributed by atoms with Gasteiger partial charge in [-0.2, -0.15) is 5.26 Å². The van der Waals surface area contributed by atoms with Gasteiger partial charge in [0.25, 0.3) is 6.43 Å². The summed E-state index contributed by atoms with van der Waals surface area (Å²) in [7, 11) is 0. The van der Waals surface area contributed by atoms with Gasteiger partial charge in [-0.05, 0) is 12.5 Å². The normalized spacial score (nSPS) is 10.1. The molecule has 0 atom stereocenters. The molecule has 68 valence electrons. The van der Waals surface area contributed by atoms with Crippen molar-refractivity contribution in [3.05, 3.63) is 23.0 Å². The van der Waals surface area contributed by atoms with Crippen LogP contribution >= 0.6 is 0 Å². The number of nitriles is 1. The molecule has 0 radical (unpaired) electrons. The van der Waals surface area contributed by atoms with E-state index in [1.54, 1.807) is 13.0 Å². The third-order valence-electron chi connectivity index (χ3n) is 1.67. The maximum Gasteiger partial charge on any atom is 0.281 e. The molecule has 1 heterocycles. The van der Waals surface area contributed by atoms with E-state index < -0.39 is 12.1 Å². The van der Waals surface area contributed by atoms with Crippen LogP contribution in [0.1, 0.15) is 23.2 Å². The van der Waals surface area contributed by atoms with Gasteiger partial charge in [-0.15, -0.1) is 0 Å². The molecule has 0 aromatic carbocycles. The van der Waals surface area contributed by atoms with Crippen LogP contribution in [0.15, 0.2) is 6.20 Å². The van der Waals surface area contributed by atoms with E-state index in [1.165, 1.54) is 6.20 Å². The molecular weight excluding hydrogens is 176 g/mol. The number of nitrogens with two attached hydrogens (primary N) is 1. The summed E-state index contributed by atoms with van der Waals surface area (Å²) in [6, 6.07) is 1.62. The minimum Gasteiger partial charge on any atom is -0.397 e. The van der Waals surface area contributed by atoms with Crippen LogP contribution in [0.25, 0.3) is 0 Å². The third kappa shape index (κ3) is 1.56. The first-order chi connectivity index (χ1) is 6.07. The minimum absolute atomic E-state index is 0.0767. The van der Waals surface area contributed by atoms with E-state index in [0.29, 0.717) is 5.56 Å². The standard InChI is InChI=1S/C8H7F2N3/c1-4-3-13-7(8(9)10)5(2-11)6(4)12/h3,8H,1H3,(H2,12,13). The fourth-order valence-corrected chi connectivity index (χ4v) is 0.919. The molecule has 5 heteroatoms. The van der Waals surface area contributed by atoms with Gasteiger partial charge in [0.05, 0.1) is 5.69 Å². The van der Waals surface area contributed by atoms with Gasteiger partial charge in [-0.25, -0.2) is 8.78 Å². The number of rotatable bonds is 1. The molecule has 0 spiro atoms. The molecule has 1 aromatic rings.